The first-order valence-electron chi connectivity index (χ1n) is 7.61. The van der Waals surface area contributed by atoms with E-state index in [-0.39, 0.29) is 12.5 Å². The normalized spacial score (nSPS) is 13.6. The van der Waals surface area contributed by atoms with E-state index in [1.54, 1.807) is 30.5 Å². The van der Waals surface area contributed by atoms with Gasteiger partial charge < -0.3 is 10.2 Å². The predicted molar refractivity (Wildman–Crippen MR) is 85.8 cm³/mol. The molecule has 0 spiro atoms. The Balaban J connectivity index is 1.64. The zero-order valence-corrected chi connectivity index (χ0v) is 12.7. The van der Waals surface area contributed by atoms with E-state index < -0.39 is 0 Å². The van der Waals surface area contributed by atoms with Crippen molar-refractivity contribution in [2.24, 2.45) is 0 Å². The largest absolute Gasteiger partial charge is 0.357 e. The summed E-state index contributed by atoms with van der Waals surface area (Å²) in [6.45, 7) is 2.30. The Hall–Kier alpha value is -2.94. The molecule has 0 aliphatic carbocycles. The van der Waals surface area contributed by atoms with Gasteiger partial charge in [0.05, 0.1) is 18.2 Å². The Morgan fingerprint density at radius 2 is 2.13 bits per heavy atom. The number of anilines is 1. The summed E-state index contributed by atoms with van der Waals surface area (Å²) in [4.78, 5) is 23.1. The summed E-state index contributed by atoms with van der Waals surface area (Å²) >= 11 is 0. The Bertz CT molecular complexity index is 747. The SMILES string of the molecule is N#Cc1cccc(C(=O)NCc2nccc(N3CCCC3)n2)c1. The molecule has 1 N–H and O–H groups in total. The number of nitriles is 1. The van der Waals surface area contributed by atoms with Gasteiger partial charge in [-0.15, -0.1) is 0 Å². The molecule has 1 saturated heterocycles. The highest BCUT2D eigenvalue weighted by Crippen LogP contribution is 2.16. The third kappa shape index (κ3) is 3.64. The minimum Gasteiger partial charge on any atom is -0.357 e. The van der Waals surface area contributed by atoms with Crippen molar-refractivity contribution in [3.63, 3.8) is 0 Å². The molecular weight excluding hydrogens is 290 g/mol. The van der Waals surface area contributed by atoms with Crippen LogP contribution in [0.1, 0.15) is 34.6 Å². The molecule has 6 heteroatoms. The number of nitrogens with zero attached hydrogens (tertiary/aromatic N) is 4. The van der Waals surface area contributed by atoms with Gasteiger partial charge in [-0.25, -0.2) is 9.97 Å². The van der Waals surface area contributed by atoms with Crippen LogP contribution in [0.3, 0.4) is 0 Å². The van der Waals surface area contributed by atoms with Crippen molar-refractivity contribution in [1.82, 2.24) is 15.3 Å². The van der Waals surface area contributed by atoms with Gasteiger partial charge in [0, 0.05) is 24.8 Å². The van der Waals surface area contributed by atoms with Gasteiger partial charge in [-0.3, -0.25) is 4.79 Å². The molecule has 1 amide bonds. The molecule has 6 nitrogen and oxygen atoms in total. The van der Waals surface area contributed by atoms with Gasteiger partial charge >= 0.3 is 0 Å². The Morgan fingerprint density at radius 1 is 1.30 bits per heavy atom. The number of amides is 1. The highest BCUT2D eigenvalue weighted by atomic mass is 16.1. The zero-order valence-electron chi connectivity index (χ0n) is 12.7. The minimum atomic E-state index is -0.239. The van der Waals surface area contributed by atoms with Gasteiger partial charge in [0.1, 0.15) is 11.6 Å². The third-order valence-corrected chi connectivity index (χ3v) is 3.78. The molecule has 1 aromatic carbocycles. The van der Waals surface area contributed by atoms with Crippen LogP contribution in [-0.2, 0) is 6.54 Å². The van der Waals surface area contributed by atoms with Crippen LogP contribution in [0, 0.1) is 11.3 Å². The molecule has 116 valence electrons. The van der Waals surface area contributed by atoms with Gasteiger partial charge in [0.25, 0.3) is 5.91 Å². The minimum absolute atomic E-state index is 0.239. The van der Waals surface area contributed by atoms with E-state index >= 15 is 0 Å². The molecule has 0 saturated carbocycles. The molecular formula is C17H17N5O. The molecule has 0 radical (unpaired) electrons. The summed E-state index contributed by atoms with van der Waals surface area (Å²) in [5.41, 5.74) is 0.921. The van der Waals surface area contributed by atoms with Crippen molar-refractivity contribution in [3.05, 3.63) is 53.5 Å². The fraction of sp³-hybridized carbons (Fsp3) is 0.294. The van der Waals surface area contributed by atoms with Crippen LogP contribution in [0.25, 0.3) is 0 Å². The summed E-state index contributed by atoms with van der Waals surface area (Å²) in [6, 6.07) is 10.5. The molecule has 3 rings (SSSR count). The average molecular weight is 307 g/mol. The van der Waals surface area contributed by atoms with Gasteiger partial charge in [0.15, 0.2) is 0 Å². The first-order chi connectivity index (χ1) is 11.3. The third-order valence-electron chi connectivity index (χ3n) is 3.78. The molecule has 0 bridgehead atoms. The molecule has 0 atom stereocenters. The summed E-state index contributed by atoms with van der Waals surface area (Å²) in [5, 5.41) is 11.7. The van der Waals surface area contributed by atoms with E-state index in [0.29, 0.717) is 17.0 Å². The van der Waals surface area contributed by atoms with Gasteiger partial charge in [-0.2, -0.15) is 5.26 Å². The standard InChI is InChI=1S/C17H17N5O/c18-11-13-4-3-5-14(10-13)17(23)20-12-15-19-7-6-16(21-15)22-8-1-2-9-22/h3-7,10H,1-2,8-9,12H2,(H,20,23). The number of rotatable bonds is 4. The van der Waals surface area contributed by atoms with Crippen LogP contribution >= 0.6 is 0 Å². The maximum atomic E-state index is 12.1. The number of benzene rings is 1. The van der Waals surface area contributed by atoms with Crippen molar-refractivity contribution >= 4 is 11.7 Å². The second kappa shape index (κ2) is 6.88. The van der Waals surface area contributed by atoms with Gasteiger partial charge in [-0.1, -0.05) is 6.07 Å². The van der Waals surface area contributed by atoms with Crippen molar-refractivity contribution in [2.75, 3.05) is 18.0 Å². The number of aromatic nitrogens is 2. The van der Waals surface area contributed by atoms with Crippen LogP contribution in [0.5, 0.6) is 0 Å². The lowest BCUT2D eigenvalue weighted by atomic mass is 10.1. The van der Waals surface area contributed by atoms with Crippen LogP contribution < -0.4 is 10.2 Å². The number of hydrogen-bond acceptors (Lipinski definition) is 5. The van der Waals surface area contributed by atoms with Crippen molar-refractivity contribution in [3.8, 4) is 6.07 Å². The van der Waals surface area contributed by atoms with Crippen LogP contribution in [0.2, 0.25) is 0 Å². The number of hydrogen-bond donors (Lipinski definition) is 1. The summed E-state index contributed by atoms with van der Waals surface area (Å²) in [5.74, 6) is 1.25. The Kier molecular flexibility index (Phi) is 4.48. The highest BCUT2D eigenvalue weighted by molar-refractivity contribution is 5.94. The molecule has 1 aliphatic rings. The predicted octanol–water partition coefficient (Wildman–Crippen LogP) is 1.88. The lowest BCUT2D eigenvalue weighted by Crippen LogP contribution is -2.25. The van der Waals surface area contributed by atoms with E-state index in [4.69, 9.17) is 5.26 Å². The van der Waals surface area contributed by atoms with E-state index in [9.17, 15) is 4.79 Å². The quantitative estimate of drug-likeness (QED) is 0.932. The van der Waals surface area contributed by atoms with E-state index in [1.807, 2.05) is 12.1 Å². The Labute approximate surface area is 134 Å². The second-order valence-corrected chi connectivity index (χ2v) is 5.40. The molecule has 1 fully saturated rings. The molecule has 0 unspecified atom stereocenters. The topological polar surface area (TPSA) is 81.9 Å². The highest BCUT2D eigenvalue weighted by Gasteiger charge is 2.14. The first kappa shape index (κ1) is 15.0. The number of carbonyl (C=O) groups excluding carboxylic acids is 1. The van der Waals surface area contributed by atoms with Crippen molar-refractivity contribution in [2.45, 2.75) is 19.4 Å². The summed E-state index contributed by atoms with van der Waals surface area (Å²) in [7, 11) is 0. The summed E-state index contributed by atoms with van der Waals surface area (Å²) in [6.07, 6.45) is 4.09. The van der Waals surface area contributed by atoms with E-state index in [1.165, 1.54) is 12.8 Å². The second-order valence-electron chi connectivity index (χ2n) is 5.40. The monoisotopic (exact) mass is 307 g/mol. The maximum absolute atomic E-state index is 12.1. The molecule has 1 aromatic heterocycles. The lowest BCUT2D eigenvalue weighted by molar-refractivity contribution is 0.0950. The zero-order chi connectivity index (χ0) is 16.1. The van der Waals surface area contributed by atoms with Gasteiger partial charge in [0.2, 0.25) is 0 Å². The van der Waals surface area contributed by atoms with Crippen LogP contribution in [-0.4, -0.2) is 29.0 Å². The first-order valence-corrected chi connectivity index (χ1v) is 7.61. The molecule has 1 aliphatic heterocycles. The van der Waals surface area contributed by atoms with Crippen molar-refractivity contribution < 1.29 is 4.79 Å². The van der Waals surface area contributed by atoms with Crippen LogP contribution in [0.15, 0.2) is 36.5 Å². The average Bonchev–Trinajstić information content (AvgIpc) is 3.14. The fourth-order valence-corrected chi connectivity index (χ4v) is 2.59. The van der Waals surface area contributed by atoms with E-state index in [2.05, 4.69) is 20.2 Å². The van der Waals surface area contributed by atoms with E-state index in [0.717, 1.165) is 18.9 Å². The smallest absolute Gasteiger partial charge is 0.251 e. The van der Waals surface area contributed by atoms with Crippen molar-refractivity contribution in [1.29, 1.82) is 5.26 Å². The molecule has 2 heterocycles. The summed E-state index contributed by atoms with van der Waals surface area (Å²) < 4.78 is 0. The van der Waals surface area contributed by atoms with Gasteiger partial charge in [-0.05, 0) is 37.1 Å². The maximum Gasteiger partial charge on any atom is 0.251 e. The number of nitrogens with one attached hydrogen (secondary N) is 1. The number of carbonyl (C=O) groups is 1. The lowest BCUT2D eigenvalue weighted by Gasteiger charge is -2.16. The molecule has 23 heavy (non-hydrogen) atoms. The molecule has 2 aromatic rings. The van der Waals surface area contributed by atoms with Crippen LogP contribution in [0.4, 0.5) is 5.82 Å². The fourth-order valence-electron chi connectivity index (χ4n) is 2.59. The Morgan fingerprint density at radius 3 is 2.91 bits per heavy atom.